The van der Waals surface area contributed by atoms with Crippen molar-refractivity contribution < 1.29 is 9.28 Å². The highest BCUT2D eigenvalue weighted by molar-refractivity contribution is 5.75. The van der Waals surface area contributed by atoms with Gasteiger partial charge in [0.05, 0.1) is 34.2 Å². The third-order valence-electron chi connectivity index (χ3n) is 2.17. The number of hydrogen-bond donors (Lipinski definition) is 1. The van der Waals surface area contributed by atoms with Gasteiger partial charge in [0, 0.05) is 6.42 Å². The van der Waals surface area contributed by atoms with Crippen LogP contribution in [-0.4, -0.2) is 44.6 Å². The first-order valence-corrected chi connectivity index (χ1v) is 5.64. The zero-order valence-electron chi connectivity index (χ0n) is 10.4. The van der Waals surface area contributed by atoms with Crippen LogP contribution in [0.3, 0.4) is 0 Å². The van der Waals surface area contributed by atoms with Crippen LogP contribution < -0.4 is 5.32 Å². The lowest BCUT2D eigenvalue weighted by Gasteiger charge is -2.23. The van der Waals surface area contributed by atoms with Gasteiger partial charge in [0.1, 0.15) is 0 Å². The number of carbonyl (C=O) groups is 1. The molecule has 1 N–H and O–H groups in total. The van der Waals surface area contributed by atoms with Gasteiger partial charge in [-0.25, -0.2) is 0 Å². The molecule has 0 atom stereocenters. The van der Waals surface area contributed by atoms with E-state index in [0.717, 1.165) is 36.8 Å². The van der Waals surface area contributed by atoms with E-state index >= 15 is 0 Å². The largest absolute Gasteiger partial charge is 0.350 e. The first-order chi connectivity index (χ1) is 6.95. The maximum Gasteiger partial charge on any atom is 0.220 e. The number of unbranched alkanes of at least 4 members (excludes halogenated alkanes) is 2. The lowest BCUT2D eigenvalue weighted by atomic mass is 10.2. The summed E-state index contributed by atoms with van der Waals surface area (Å²) in [5, 5.41) is 2.94. The Labute approximate surface area is 93.7 Å². The number of quaternary nitrogens is 1. The molecular formula is C12H25N2O+. The third-order valence-corrected chi connectivity index (χ3v) is 2.17. The third kappa shape index (κ3) is 11.1. The van der Waals surface area contributed by atoms with E-state index in [0.29, 0.717) is 6.42 Å². The number of nitrogens with zero attached hydrogens (tertiary/aromatic N) is 1. The van der Waals surface area contributed by atoms with Gasteiger partial charge in [-0.15, -0.1) is 6.58 Å². The molecule has 0 heterocycles. The van der Waals surface area contributed by atoms with Gasteiger partial charge in [0.2, 0.25) is 5.91 Å². The van der Waals surface area contributed by atoms with E-state index in [2.05, 4.69) is 33.0 Å². The molecule has 0 aromatic rings. The molecule has 0 rings (SSSR count). The normalized spacial score (nSPS) is 11.1. The number of likely N-dealkylation sites (N-methyl/N-ethyl adjacent to an activating group) is 1. The SMILES string of the molecule is C=CCCCCC(=O)NCC[N+](C)(C)C. The van der Waals surface area contributed by atoms with E-state index in [1.807, 2.05) is 6.08 Å². The number of allylic oxidation sites excluding steroid dienone is 1. The van der Waals surface area contributed by atoms with Crippen LogP contribution in [0, 0.1) is 0 Å². The van der Waals surface area contributed by atoms with Gasteiger partial charge in [-0.3, -0.25) is 4.79 Å². The molecule has 3 heteroatoms. The van der Waals surface area contributed by atoms with Crippen LogP contribution in [0.4, 0.5) is 0 Å². The monoisotopic (exact) mass is 213 g/mol. The zero-order chi connectivity index (χ0) is 11.7. The number of carbonyl (C=O) groups excluding carboxylic acids is 1. The highest BCUT2D eigenvalue weighted by atomic mass is 16.1. The minimum atomic E-state index is 0.174. The summed E-state index contributed by atoms with van der Waals surface area (Å²) in [6.45, 7) is 5.39. The van der Waals surface area contributed by atoms with E-state index in [1.54, 1.807) is 0 Å². The molecule has 88 valence electrons. The average molecular weight is 213 g/mol. The number of amides is 1. The molecule has 0 fully saturated rings. The zero-order valence-corrected chi connectivity index (χ0v) is 10.4. The lowest BCUT2D eigenvalue weighted by molar-refractivity contribution is -0.869. The fraction of sp³-hybridized carbons (Fsp3) is 0.750. The fourth-order valence-corrected chi connectivity index (χ4v) is 1.19. The molecule has 0 aromatic heterocycles. The molecule has 0 aliphatic heterocycles. The maximum atomic E-state index is 11.3. The van der Waals surface area contributed by atoms with E-state index in [-0.39, 0.29) is 5.91 Å². The summed E-state index contributed by atoms with van der Waals surface area (Å²) in [5.41, 5.74) is 0. The van der Waals surface area contributed by atoms with Crippen LogP contribution in [0.5, 0.6) is 0 Å². The second-order valence-corrected chi connectivity index (χ2v) is 4.90. The van der Waals surface area contributed by atoms with E-state index in [1.165, 1.54) is 0 Å². The Morgan fingerprint density at radius 3 is 2.53 bits per heavy atom. The lowest BCUT2D eigenvalue weighted by Crippen LogP contribution is -2.41. The molecule has 0 aliphatic carbocycles. The van der Waals surface area contributed by atoms with Crippen molar-refractivity contribution in [2.75, 3.05) is 34.2 Å². The van der Waals surface area contributed by atoms with E-state index in [4.69, 9.17) is 0 Å². The fourth-order valence-electron chi connectivity index (χ4n) is 1.19. The highest BCUT2D eigenvalue weighted by Gasteiger charge is 2.07. The van der Waals surface area contributed by atoms with Crippen molar-refractivity contribution in [2.45, 2.75) is 25.7 Å². The quantitative estimate of drug-likeness (QED) is 0.370. The van der Waals surface area contributed by atoms with Crippen molar-refractivity contribution in [3.63, 3.8) is 0 Å². The van der Waals surface area contributed by atoms with Crippen LogP contribution >= 0.6 is 0 Å². The van der Waals surface area contributed by atoms with Gasteiger partial charge >= 0.3 is 0 Å². The minimum absolute atomic E-state index is 0.174. The van der Waals surface area contributed by atoms with Crippen LogP contribution in [0.2, 0.25) is 0 Å². The van der Waals surface area contributed by atoms with Crippen LogP contribution in [-0.2, 0) is 4.79 Å². The predicted molar refractivity (Wildman–Crippen MR) is 64.6 cm³/mol. The molecule has 0 bridgehead atoms. The van der Waals surface area contributed by atoms with Gasteiger partial charge in [-0.1, -0.05) is 6.08 Å². The van der Waals surface area contributed by atoms with E-state index in [9.17, 15) is 4.79 Å². The van der Waals surface area contributed by atoms with Crippen molar-refractivity contribution in [3.05, 3.63) is 12.7 Å². The number of rotatable bonds is 8. The Balaban J connectivity index is 3.37. The topological polar surface area (TPSA) is 29.1 Å². The molecule has 0 aromatic carbocycles. The first-order valence-electron chi connectivity index (χ1n) is 5.64. The van der Waals surface area contributed by atoms with Crippen LogP contribution in [0.25, 0.3) is 0 Å². The summed E-state index contributed by atoms with van der Waals surface area (Å²) in [6.07, 6.45) is 5.57. The average Bonchev–Trinajstić information content (AvgIpc) is 2.10. The molecule has 0 saturated heterocycles. The summed E-state index contributed by atoms with van der Waals surface area (Å²) < 4.78 is 0.886. The van der Waals surface area contributed by atoms with Crippen molar-refractivity contribution in [1.29, 1.82) is 0 Å². The van der Waals surface area contributed by atoms with Gasteiger partial charge in [-0.05, 0) is 19.3 Å². The second-order valence-electron chi connectivity index (χ2n) is 4.90. The summed E-state index contributed by atoms with van der Waals surface area (Å²) in [5.74, 6) is 0.174. The summed E-state index contributed by atoms with van der Waals surface area (Å²) in [4.78, 5) is 11.3. The highest BCUT2D eigenvalue weighted by Crippen LogP contribution is 1.99. The Kier molecular flexibility index (Phi) is 7.05. The van der Waals surface area contributed by atoms with Crippen LogP contribution in [0.1, 0.15) is 25.7 Å². The summed E-state index contributed by atoms with van der Waals surface area (Å²) >= 11 is 0. The Morgan fingerprint density at radius 2 is 2.00 bits per heavy atom. The van der Waals surface area contributed by atoms with Crippen LogP contribution in [0.15, 0.2) is 12.7 Å². The Hall–Kier alpha value is -0.830. The van der Waals surface area contributed by atoms with Gasteiger partial charge in [-0.2, -0.15) is 0 Å². The second kappa shape index (κ2) is 7.46. The summed E-state index contributed by atoms with van der Waals surface area (Å²) in [6, 6.07) is 0. The molecule has 0 unspecified atom stereocenters. The van der Waals surface area contributed by atoms with Crippen molar-refractivity contribution >= 4 is 5.91 Å². The van der Waals surface area contributed by atoms with Gasteiger partial charge < -0.3 is 9.80 Å². The van der Waals surface area contributed by atoms with E-state index < -0.39 is 0 Å². The molecule has 3 nitrogen and oxygen atoms in total. The number of hydrogen-bond acceptors (Lipinski definition) is 1. The minimum Gasteiger partial charge on any atom is -0.350 e. The van der Waals surface area contributed by atoms with Gasteiger partial charge in [0.25, 0.3) is 0 Å². The Morgan fingerprint density at radius 1 is 1.33 bits per heavy atom. The van der Waals surface area contributed by atoms with Gasteiger partial charge in [0.15, 0.2) is 0 Å². The maximum absolute atomic E-state index is 11.3. The molecule has 0 saturated carbocycles. The molecule has 0 spiro atoms. The molecule has 1 amide bonds. The standard InChI is InChI=1S/C12H24N2O/c1-5-6-7-8-9-12(15)13-10-11-14(2,3)4/h5H,1,6-11H2,2-4H3/p+1. The number of nitrogens with one attached hydrogen (secondary N) is 1. The first kappa shape index (κ1) is 14.2. The predicted octanol–water partition coefficient (Wildman–Crippen LogP) is 1.56. The smallest absolute Gasteiger partial charge is 0.220 e. The summed E-state index contributed by atoms with van der Waals surface area (Å²) in [7, 11) is 6.36. The Bertz CT molecular complexity index is 194. The van der Waals surface area contributed by atoms with Crippen molar-refractivity contribution in [1.82, 2.24) is 5.32 Å². The van der Waals surface area contributed by atoms with Crippen molar-refractivity contribution in [2.24, 2.45) is 0 Å². The molecule has 0 aliphatic rings. The molecule has 15 heavy (non-hydrogen) atoms. The van der Waals surface area contributed by atoms with Crippen molar-refractivity contribution in [3.8, 4) is 0 Å². The molecular weight excluding hydrogens is 188 g/mol. The molecule has 0 radical (unpaired) electrons.